The van der Waals surface area contributed by atoms with E-state index in [1.165, 1.54) is 54.7 Å². The van der Waals surface area contributed by atoms with Crippen LogP contribution in [0.3, 0.4) is 0 Å². The molecule has 0 unspecified atom stereocenters. The number of hydrogen-bond donors (Lipinski definition) is 7. The van der Waals surface area contributed by atoms with E-state index in [1.54, 1.807) is 52.0 Å². The number of methoxy groups -OCH3 is 1. The van der Waals surface area contributed by atoms with E-state index < -0.39 is 186 Å². The summed E-state index contributed by atoms with van der Waals surface area (Å²) in [6.45, 7) is 17.3. The second-order valence-corrected chi connectivity index (χ2v) is 26.7. The molecule has 0 radical (unpaired) electrons. The maximum atomic E-state index is 15.0. The number of halogens is 2. The van der Waals surface area contributed by atoms with Crippen LogP contribution >= 0.6 is 0 Å². The minimum absolute atomic E-state index is 0.0545. The van der Waals surface area contributed by atoms with Crippen molar-refractivity contribution in [2.24, 2.45) is 29.6 Å². The number of benzene rings is 1. The number of esters is 2. The number of rotatable bonds is 17. The Hall–Kier alpha value is -8.03. The average molecular weight is 1370 g/mol. The number of nitrogens with zero attached hydrogens (tertiary/aromatic N) is 6. The maximum Gasteiger partial charge on any atom is 0.351 e. The number of nitrogens with one attached hydrogen (secondary N) is 3. The normalized spacial score (nSPS) is 27.8. The van der Waals surface area contributed by atoms with Crippen LogP contribution in [-0.2, 0) is 73.4 Å². The highest BCUT2D eigenvalue weighted by atomic mass is 19.3. The molecule has 31 heteroatoms. The lowest BCUT2D eigenvalue weighted by atomic mass is 9.91. The molecule has 5 heterocycles. The predicted molar refractivity (Wildman–Crippen MR) is 344 cm³/mol. The molecule has 2 aromatic rings. The lowest BCUT2D eigenvalue weighted by Crippen LogP contribution is -2.62. The molecule has 0 spiro atoms. The number of likely N-dealkylation sites (N-methyl/N-ethyl adjacent to an activating group) is 2. The van der Waals surface area contributed by atoms with Crippen LogP contribution in [0.2, 0.25) is 0 Å². The standard InChI is InChI=1S/C57H87N7O15.C9H11F2N3O4/c1-15-33(8)46-44(66)29-45(67)79-49(32(6)7)48(68)34(9)50(69)58-39(26-30(2)3)54(73)64-25-17-19-41(64)56(75)62(13)43(28-37-20-22-38(77-14)23-21-37)57(76)78-36(11)47(52(71)59-46)60-51(70)42(27-31(4)5)61(12)55(74)40-18-16-24-63(40)53(72)35(10)65;10-9(11)6(16)4(3-15)18-7(9)14-2-1-5(12)13-8(14)17/h20-23,30-34,36,39-44,46-47,49,66H,15-19,24-29H2,1-14H3,(H,58,69)(H,59,71)(H,60,70);1-2,4,6-7,15-16H,3H2,(H2,12,13,17)/t33-,34-,36+,39-,40-,41-,42+,43-,44-,46+,47-,49-;4-,6-,7-/m01/s1. The topological polar surface area (TPSA) is 395 Å². The summed E-state index contributed by atoms with van der Waals surface area (Å²) >= 11 is 0. The van der Waals surface area contributed by atoms with Crippen LogP contribution < -0.4 is 32.1 Å². The Morgan fingerprint density at radius 1 is 0.887 bits per heavy atom. The second-order valence-electron chi connectivity index (χ2n) is 26.7. The van der Waals surface area contributed by atoms with Crippen molar-refractivity contribution in [2.45, 2.75) is 219 Å². The number of carbonyl (C=O) groups excluding carboxylic acids is 11. The van der Waals surface area contributed by atoms with Crippen LogP contribution in [0.1, 0.15) is 139 Å². The molecule has 0 aliphatic carbocycles. The summed E-state index contributed by atoms with van der Waals surface area (Å²) in [5.74, 6) is -15.2. The molecule has 540 valence electrons. The van der Waals surface area contributed by atoms with Gasteiger partial charge in [0.25, 0.3) is 5.91 Å². The number of nitrogen functional groups attached to an aromatic ring is 1. The number of ketones is 2. The van der Waals surface area contributed by atoms with Crippen molar-refractivity contribution >= 4 is 70.7 Å². The molecule has 29 nitrogen and oxygen atoms in total. The molecule has 97 heavy (non-hydrogen) atoms. The number of hydrogen-bond acceptors (Lipinski definition) is 21. The number of amides is 7. The second kappa shape index (κ2) is 35.0. The number of cyclic esters (lactones) is 2. The Morgan fingerprint density at radius 3 is 2.08 bits per heavy atom. The van der Waals surface area contributed by atoms with Crippen molar-refractivity contribution in [1.29, 1.82) is 0 Å². The largest absolute Gasteiger partial charge is 0.497 e. The number of carbonyl (C=O) groups is 11. The van der Waals surface area contributed by atoms with Gasteiger partial charge in [-0.1, -0.05) is 73.9 Å². The molecule has 4 fully saturated rings. The van der Waals surface area contributed by atoms with Crippen molar-refractivity contribution in [3.63, 3.8) is 0 Å². The highest BCUT2D eigenvalue weighted by molar-refractivity contribution is 6.35. The van der Waals surface area contributed by atoms with E-state index in [4.69, 9.17) is 29.8 Å². The number of ether oxygens (including phenoxy) is 4. The molecule has 15 atom stereocenters. The van der Waals surface area contributed by atoms with Gasteiger partial charge < -0.3 is 75.6 Å². The number of likely N-dealkylation sites (tertiary alicyclic amines) is 1. The molecule has 4 saturated heterocycles. The Kier molecular flexibility index (Phi) is 28.7. The summed E-state index contributed by atoms with van der Waals surface area (Å²) in [5.41, 5.74) is 4.78. The number of aliphatic hydroxyl groups is 3. The Morgan fingerprint density at radius 2 is 1.53 bits per heavy atom. The van der Waals surface area contributed by atoms with E-state index in [2.05, 4.69) is 20.9 Å². The van der Waals surface area contributed by atoms with Crippen molar-refractivity contribution in [2.75, 3.05) is 46.6 Å². The molecular formula is C66H98F2N10O19. The molecule has 8 N–H and O–H groups in total. The SMILES string of the molecule is CC[C@H](C)[C@H]1NC(=O)[C@@H](NC(=O)[C@@H](CC(C)C)N(C)C(=O)[C@@H]2CCCN2C(=O)C(C)=O)[C@@H](C)OC(=O)[C@H](Cc2ccc(OC)cc2)N(C)C(=O)[C@@H]2CCCN2C(=O)[C@H](CC(C)C)NC(=O)[C@@H](C)C(=O)[C@H](C(C)C)OC(=O)C[C@@H]1O.Nc1ccn([C@@H]2O[C@H](CO)[C@@H](O)C2(F)F)c(=O)n1. The van der Waals surface area contributed by atoms with Gasteiger partial charge in [-0.05, 0) is 99.8 Å². The molecule has 1 aromatic carbocycles. The summed E-state index contributed by atoms with van der Waals surface area (Å²) in [6.07, 6.45) is -8.45. The Balaban J connectivity index is 0.000000807. The fraction of sp³-hybridized carbons (Fsp3) is 0.682. The molecule has 1 aromatic heterocycles. The van der Waals surface area contributed by atoms with Crippen molar-refractivity contribution in [3.8, 4) is 5.75 Å². The first kappa shape index (κ1) is 79.7. The van der Waals surface area contributed by atoms with E-state index in [0.717, 1.165) is 19.2 Å². The number of aromatic nitrogens is 2. The minimum Gasteiger partial charge on any atom is -0.497 e. The number of fused-ring (bicyclic) bond motifs is 1. The van der Waals surface area contributed by atoms with Gasteiger partial charge in [0.1, 0.15) is 60.0 Å². The Bertz CT molecular complexity index is 3210. The number of anilines is 1. The van der Waals surface area contributed by atoms with Gasteiger partial charge in [-0.25, -0.2) is 9.59 Å². The number of nitrogens with two attached hydrogens (primary N) is 1. The predicted octanol–water partition coefficient (Wildman–Crippen LogP) is 1.24. The molecule has 7 amide bonds. The van der Waals surface area contributed by atoms with Crippen molar-refractivity contribution in [1.82, 2.24) is 45.1 Å². The number of Topliss-reactive ketones (excluding diaryl/α,β-unsaturated/α-hetero) is 2. The van der Waals surface area contributed by atoms with E-state index in [-0.39, 0.29) is 62.8 Å². The summed E-state index contributed by atoms with van der Waals surface area (Å²) < 4.78 is 49.9. The zero-order valence-corrected chi connectivity index (χ0v) is 57.7. The fourth-order valence-electron chi connectivity index (χ4n) is 12.2. The lowest BCUT2D eigenvalue weighted by Gasteiger charge is -2.36. The average Bonchev–Trinajstić information content (AvgIpc) is 1.64. The van der Waals surface area contributed by atoms with Crippen LogP contribution in [0.5, 0.6) is 5.75 Å². The van der Waals surface area contributed by atoms with E-state index in [1.807, 2.05) is 27.7 Å². The highest BCUT2D eigenvalue weighted by Crippen LogP contribution is 2.42. The van der Waals surface area contributed by atoms with Gasteiger partial charge in [0.05, 0.1) is 38.2 Å². The Labute approximate surface area is 563 Å². The van der Waals surface area contributed by atoms with Crippen LogP contribution in [0.15, 0.2) is 41.3 Å². The van der Waals surface area contributed by atoms with Gasteiger partial charge in [0, 0.05) is 46.7 Å². The van der Waals surface area contributed by atoms with Gasteiger partial charge >= 0.3 is 23.6 Å². The molecule has 4 aliphatic heterocycles. The van der Waals surface area contributed by atoms with Crippen LogP contribution in [-0.4, -0.2) is 229 Å². The maximum absolute atomic E-state index is 15.0. The van der Waals surface area contributed by atoms with Crippen LogP contribution in [0.25, 0.3) is 0 Å². The number of alkyl halides is 2. The first-order chi connectivity index (χ1) is 45.4. The van der Waals surface area contributed by atoms with Gasteiger partial charge in [-0.15, -0.1) is 0 Å². The van der Waals surface area contributed by atoms with E-state index in [9.17, 15) is 76.5 Å². The van der Waals surface area contributed by atoms with Crippen LogP contribution in [0, 0.1) is 29.6 Å². The first-order valence-electron chi connectivity index (χ1n) is 32.9. The molecule has 4 aliphatic rings. The molecule has 0 bridgehead atoms. The van der Waals surface area contributed by atoms with Gasteiger partial charge in [-0.3, -0.25) is 52.5 Å². The lowest BCUT2D eigenvalue weighted by molar-refractivity contribution is -0.163. The van der Waals surface area contributed by atoms with Crippen molar-refractivity contribution in [3.05, 3.63) is 52.6 Å². The number of aliphatic hydroxyl groups excluding tert-OH is 3. The summed E-state index contributed by atoms with van der Waals surface area (Å²) in [5, 5.41) is 38.2. The summed E-state index contributed by atoms with van der Waals surface area (Å²) in [6, 6.07) is -1.17. The monoisotopic (exact) mass is 1370 g/mol. The summed E-state index contributed by atoms with van der Waals surface area (Å²) in [7, 11) is 4.26. The third kappa shape index (κ3) is 19.9. The van der Waals surface area contributed by atoms with Gasteiger partial charge in [-0.2, -0.15) is 13.8 Å². The summed E-state index contributed by atoms with van der Waals surface area (Å²) in [4.78, 5) is 175. The zero-order valence-electron chi connectivity index (χ0n) is 57.7. The van der Waals surface area contributed by atoms with E-state index in [0.29, 0.717) is 35.1 Å². The van der Waals surface area contributed by atoms with E-state index >= 15 is 0 Å². The van der Waals surface area contributed by atoms with Crippen molar-refractivity contribution < 1.29 is 95.8 Å². The first-order valence-corrected chi connectivity index (χ1v) is 32.9. The fourth-order valence-corrected chi connectivity index (χ4v) is 12.2. The molecule has 6 rings (SSSR count). The molecule has 0 saturated carbocycles. The van der Waals surface area contributed by atoms with Gasteiger partial charge in [0.15, 0.2) is 18.0 Å². The third-order valence-electron chi connectivity index (χ3n) is 18.1. The highest BCUT2D eigenvalue weighted by Gasteiger charge is 2.59. The third-order valence-corrected chi connectivity index (χ3v) is 18.1. The van der Waals surface area contributed by atoms with Gasteiger partial charge in [0.2, 0.25) is 47.5 Å². The van der Waals surface area contributed by atoms with Crippen LogP contribution in [0.4, 0.5) is 14.6 Å². The smallest absolute Gasteiger partial charge is 0.351 e. The zero-order chi connectivity index (χ0) is 72.8. The minimum atomic E-state index is -3.71. The quantitative estimate of drug-likeness (QED) is 0.0665. The molecular weight excluding hydrogens is 1270 g/mol.